The van der Waals surface area contributed by atoms with Crippen LogP contribution in [0.3, 0.4) is 0 Å². The lowest BCUT2D eigenvalue weighted by atomic mass is 10.1. The molecule has 0 atom stereocenters. The molecule has 1 aromatic rings. The third-order valence-electron chi connectivity index (χ3n) is 5.80. The zero-order chi connectivity index (χ0) is 20.1. The first kappa shape index (κ1) is 21.2. The van der Waals surface area contributed by atoms with Crippen LogP contribution < -0.4 is 0 Å². The number of piperazine rings is 2. The van der Waals surface area contributed by atoms with Gasteiger partial charge in [-0.15, -0.1) is 0 Å². The van der Waals surface area contributed by atoms with Crippen LogP contribution in [0.15, 0.2) is 24.3 Å². The minimum absolute atomic E-state index is 0.112. The van der Waals surface area contributed by atoms with Gasteiger partial charge in [0, 0.05) is 64.5 Å². The van der Waals surface area contributed by atoms with Gasteiger partial charge in [-0.3, -0.25) is 9.69 Å². The molecule has 156 valence electrons. The number of nitrogens with zero attached hydrogens (tertiary/aromatic N) is 4. The molecule has 0 unspecified atom stereocenters. The van der Waals surface area contributed by atoms with Gasteiger partial charge in [-0.1, -0.05) is 19.1 Å². The second-order valence-electron chi connectivity index (χ2n) is 7.50. The van der Waals surface area contributed by atoms with Crippen molar-refractivity contribution in [2.24, 2.45) is 0 Å². The number of hydrogen-bond donors (Lipinski definition) is 0. The third-order valence-corrected chi connectivity index (χ3v) is 7.68. The van der Waals surface area contributed by atoms with Crippen molar-refractivity contribution in [3.8, 4) is 0 Å². The topological polar surface area (TPSA) is 64.2 Å². The largest absolute Gasteiger partial charge is 0.336 e. The van der Waals surface area contributed by atoms with Crippen LogP contribution in [0.5, 0.6) is 0 Å². The first-order valence-corrected chi connectivity index (χ1v) is 11.8. The zero-order valence-corrected chi connectivity index (χ0v) is 17.8. The van der Waals surface area contributed by atoms with Crippen molar-refractivity contribution in [3.05, 3.63) is 35.4 Å². The van der Waals surface area contributed by atoms with Crippen molar-refractivity contribution in [1.29, 1.82) is 0 Å². The van der Waals surface area contributed by atoms with Crippen molar-refractivity contribution < 1.29 is 13.2 Å². The van der Waals surface area contributed by atoms with Crippen molar-refractivity contribution in [2.45, 2.75) is 20.4 Å². The Morgan fingerprint density at radius 1 is 0.857 bits per heavy atom. The van der Waals surface area contributed by atoms with Gasteiger partial charge in [0.1, 0.15) is 0 Å². The molecule has 28 heavy (non-hydrogen) atoms. The first-order chi connectivity index (χ1) is 13.4. The normalized spacial score (nSPS) is 20.4. The number of hydrogen-bond acceptors (Lipinski definition) is 5. The monoisotopic (exact) mass is 408 g/mol. The maximum Gasteiger partial charge on any atom is 0.253 e. The van der Waals surface area contributed by atoms with E-state index in [-0.39, 0.29) is 11.7 Å². The van der Waals surface area contributed by atoms with Gasteiger partial charge in [0.25, 0.3) is 5.91 Å². The van der Waals surface area contributed by atoms with Crippen LogP contribution >= 0.6 is 0 Å². The van der Waals surface area contributed by atoms with Crippen molar-refractivity contribution >= 4 is 15.9 Å². The van der Waals surface area contributed by atoms with Gasteiger partial charge >= 0.3 is 0 Å². The molecule has 0 aliphatic carbocycles. The molecule has 0 spiro atoms. The number of sulfonamides is 1. The molecule has 2 fully saturated rings. The third kappa shape index (κ3) is 5.11. The van der Waals surface area contributed by atoms with Crippen LogP contribution in [0.2, 0.25) is 0 Å². The highest BCUT2D eigenvalue weighted by Crippen LogP contribution is 2.14. The summed E-state index contributed by atoms with van der Waals surface area (Å²) in [4.78, 5) is 19.3. The number of rotatable bonds is 6. The molecule has 7 nitrogen and oxygen atoms in total. The Morgan fingerprint density at radius 2 is 1.43 bits per heavy atom. The summed E-state index contributed by atoms with van der Waals surface area (Å²) in [7, 11) is -3.09. The average Bonchev–Trinajstić information content (AvgIpc) is 2.74. The maximum absolute atomic E-state index is 12.7. The average molecular weight is 409 g/mol. The highest BCUT2D eigenvalue weighted by Gasteiger charge is 2.25. The van der Waals surface area contributed by atoms with E-state index in [0.29, 0.717) is 13.1 Å². The standard InChI is InChI=1S/C20H32N4O3S/c1-3-21-9-13-23(14-10-21)20(25)19-7-5-18(6-8-19)17-22-11-15-24(16-12-22)28(26,27)4-2/h5-8H,3-4,9-17H2,1-2H3. The molecule has 2 aliphatic heterocycles. The van der Waals surface area contributed by atoms with Crippen LogP contribution in [0.1, 0.15) is 29.8 Å². The Bertz CT molecular complexity index is 750. The molecule has 2 aliphatic rings. The maximum atomic E-state index is 12.7. The number of likely N-dealkylation sites (N-methyl/N-ethyl adjacent to an activating group) is 1. The van der Waals surface area contributed by atoms with E-state index in [1.807, 2.05) is 29.2 Å². The molecule has 0 saturated carbocycles. The van der Waals surface area contributed by atoms with E-state index in [9.17, 15) is 13.2 Å². The van der Waals surface area contributed by atoms with Crippen LogP contribution in [0.25, 0.3) is 0 Å². The van der Waals surface area contributed by atoms with Crippen LogP contribution in [0, 0.1) is 0 Å². The lowest BCUT2D eigenvalue weighted by Gasteiger charge is -2.34. The SMILES string of the molecule is CCN1CCN(C(=O)c2ccc(CN3CCN(S(=O)(=O)CC)CC3)cc2)CC1. The molecule has 2 saturated heterocycles. The van der Waals surface area contributed by atoms with Crippen LogP contribution in [0.4, 0.5) is 0 Å². The fourth-order valence-corrected chi connectivity index (χ4v) is 4.89. The molecule has 8 heteroatoms. The number of amides is 1. The van der Waals surface area contributed by atoms with Gasteiger partial charge in [-0.2, -0.15) is 4.31 Å². The first-order valence-electron chi connectivity index (χ1n) is 10.2. The van der Waals surface area contributed by atoms with Crippen molar-refractivity contribution in [1.82, 2.24) is 19.0 Å². The summed E-state index contributed by atoms with van der Waals surface area (Å²) in [6.07, 6.45) is 0. The minimum Gasteiger partial charge on any atom is -0.336 e. The Labute approximate surface area is 168 Å². The predicted molar refractivity (Wildman–Crippen MR) is 111 cm³/mol. The molecule has 1 aromatic carbocycles. The second kappa shape index (κ2) is 9.35. The molecular weight excluding hydrogens is 376 g/mol. The van der Waals surface area contributed by atoms with Crippen molar-refractivity contribution in [2.75, 3.05) is 64.7 Å². The highest BCUT2D eigenvalue weighted by molar-refractivity contribution is 7.89. The fourth-order valence-electron chi connectivity index (χ4n) is 3.81. The van der Waals surface area contributed by atoms with Gasteiger partial charge in [-0.25, -0.2) is 8.42 Å². The summed E-state index contributed by atoms with van der Waals surface area (Å²) in [6.45, 7) is 11.7. The summed E-state index contributed by atoms with van der Waals surface area (Å²) in [5, 5.41) is 0. The number of carbonyl (C=O) groups excluding carboxylic acids is 1. The van der Waals surface area contributed by atoms with E-state index in [1.54, 1.807) is 11.2 Å². The number of carbonyl (C=O) groups is 1. The summed E-state index contributed by atoms with van der Waals surface area (Å²) >= 11 is 0. The highest BCUT2D eigenvalue weighted by atomic mass is 32.2. The minimum atomic E-state index is -3.09. The molecule has 0 radical (unpaired) electrons. The Balaban J connectivity index is 1.51. The summed E-state index contributed by atoms with van der Waals surface area (Å²) < 4.78 is 25.5. The molecule has 0 aromatic heterocycles. The lowest BCUT2D eigenvalue weighted by Crippen LogP contribution is -2.48. The van der Waals surface area contributed by atoms with Crippen LogP contribution in [-0.4, -0.2) is 98.0 Å². The molecule has 2 heterocycles. The lowest BCUT2D eigenvalue weighted by molar-refractivity contribution is 0.0643. The summed E-state index contributed by atoms with van der Waals surface area (Å²) in [5.41, 5.74) is 1.90. The van der Waals surface area contributed by atoms with E-state index in [0.717, 1.165) is 63.5 Å². The van der Waals surface area contributed by atoms with Gasteiger partial charge in [-0.05, 0) is 31.2 Å². The van der Waals surface area contributed by atoms with Gasteiger partial charge in [0.15, 0.2) is 0 Å². The van der Waals surface area contributed by atoms with E-state index in [2.05, 4.69) is 16.7 Å². The quantitative estimate of drug-likeness (QED) is 0.701. The Morgan fingerprint density at radius 3 is 1.96 bits per heavy atom. The van der Waals surface area contributed by atoms with Gasteiger partial charge in [0.05, 0.1) is 5.75 Å². The van der Waals surface area contributed by atoms with Crippen LogP contribution in [-0.2, 0) is 16.6 Å². The Hall–Kier alpha value is -1.48. The molecule has 0 bridgehead atoms. The van der Waals surface area contributed by atoms with Crippen molar-refractivity contribution in [3.63, 3.8) is 0 Å². The second-order valence-corrected chi connectivity index (χ2v) is 9.76. The zero-order valence-electron chi connectivity index (χ0n) is 17.0. The fraction of sp³-hybridized carbons (Fsp3) is 0.650. The van der Waals surface area contributed by atoms with E-state index in [1.165, 1.54) is 0 Å². The van der Waals surface area contributed by atoms with Gasteiger partial charge in [0.2, 0.25) is 10.0 Å². The number of benzene rings is 1. The van der Waals surface area contributed by atoms with E-state index in [4.69, 9.17) is 0 Å². The van der Waals surface area contributed by atoms with Gasteiger partial charge < -0.3 is 9.80 Å². The molecular formula is C20H32N4O3S. The van der Waals surface area contributed by atoms with E-state index >= 15 is 0 Å². The Kier molecular flexibility index (Phi) is 7.09. The smallest absolute Gasteiger partial charge is 0.253 e. The molecule has 0 N–H and O–H groups in total. The molecule has 1 amide bonds. The summed E-state index contributed by atoms with van der Waals surface area (Å²) in [5.74, 6) is 0.274. The summed E-state index contributed by atoms with van der Waals surface area (Å²) in [6, 6.07) is 7.87. The molecule has 3 rings (SSSR count). The van der Waals surface area contributed by atoms with E-state index < -0.39 is 10.0 Å². The predicted octanol–water partition coefficient (Wildman–Crippen LogP) is 0.932.